The summed E-state index contributed by atoms with van der Waals surface area (Å²) < 4.78 is 5.09. The predicted octanol–water partition coefficient (Wildman–Crippen LogP) is 1.89. The number of carbonyl (C=O) groups excluding carboxylic acids is 1. The molecule has 0 aromatic rings. The fraction of sp³-hybridized carbons (Fsp3) is 0.917. The molecule has 94 valence electrons. The van der Waals surface area contributed by atoms with E-state index in [-0.39, 0.29) is 12.1 Å². The number of ether oxygens (including phenoxy) is 1. The highest BCUT2D eigenvalue weighted by Gasteiger charge is 2.25. The molecule has 0 radical (unpaired) electrons. The van der Waals surface area contributed by atoms with Gasteiger partial charge in [0.15, 0.2) is 0 Å². The molecule has 4 heteroatoms. The van der Waals surface area contributed by atoms with E-state index in [1.807, 2.05) is 13.8 Å². The van der Waals surface area contributed by atoms with E-state index >= 15 is 0 Å². The van der Waals surface area contributed by atoms with E-state index in [2.05, 4.69) is 5.32 Å². The van der Waals surface area contributed by atoms with Crippen LogP contribution in [0.15, 0.2) is 0 Å². The molecule has 4 nitrogen and oxygen atoms in total. The summed E-state index contributed by atoms with van der Waals surface area (Å²) in [5, 5.41) is 2.88. The number of nitrogens with one attached hydrogen (secondary N) is 1. The third-order valence-electron chi connectivity index (χ3n) is 3.07. The molecule has 0 aromatic heterocycles. The van der Waals surface area contributed by atoms with E-state index < -0.39 is 0 Å². The van der Waals surface area contributed by atoms with Crippen molar-refractivity contribution in [3.63, 3.8) is 0 Å². The molecule has 1 rings (SSSR count). The van der Waals surface area contributed by atoms with Gasteiger partial charge in [-0.05, 0) is 24.7 Å². The first-order chi connectivity index (χ1) is 7.63. The molecule has 1 saturated carbocycles. The van der Waals surface area contributed by atoms with Gasteiger partial charge in [-0.2, -0.15) is 0 Å². The summed E-state index contributed by atoms with van der Waals surface area (Å²) in [6, 6.07) is 0.0853. The van der Waals surface area contributed by atoms with Crippen molar-refractivity contribution in [1.82, 2.24) is 5.32 Å². The largest absolute Gasteiger partial charge is 0.449 e. The van der Waals surface area contributed by atoms with Crippen LogP contribution in [0.25, 0.3) is 0 Å². The highest BCUT2D eigenvalue weighted by Crippen LogP contribution is 2.27. The first kappa shape index (κ1) is 13.3. The zero-order chi connectivity index (χ0) is 12.0. The molecule has 16 heavy (non-hydrogen) atoms. The van der Waals surface area contributed by atoms with Crippen LogP contribution in [0.4, 0.5) is 4.79 Å². The molecular formula is C12H24N2O2. The molecule has 1 aliphatic carbocycles. The fourth-order valence-electron chi connectivity index (χ4n) is 2.16. The summed E-state index contributed by atoms with van der Waals surface area (Å²) in [6.07, 6.45) is 4.53. The first-order valence-electron chi connectivity index (χ1n) is 6.26. The molecule has 0 saturated heterocycles. The average molecular weight is 228 g/mol. The van der Waals surface area contributed by atoms with E-state index in [1.54, 1.807) is 0 Å². The molecule has 0 aliphatic heterocycles. The maximum absolute atomic E-state index is 11.5. The van der Waals surface area contributed by atoms with Crippen molar-refractivity contribution < 1.29 is 9.53 Å². The lowest BCUT2D eigenvalue weighted by Crippen LogP contribution is -2.45. The van der Waals surface area contributed by atoms with E-state index in [0.717, 1.165) is 0 Å². The number of amides is 1. The molecular weight excluding hydrogens is 204 g/mol. The van der Waals surface area contributed by atoms with Crippen molar-refractivity contribution in [2.75, 3.05) is 13.2 Å². The number of alkyl carbamates (subject to hydrolysis) is 1. The molecule has 0 heterocycles. The number of rotatable bonds is 5. The van der Waals surface area contributed by atoms with Crippen LogP contribution >= 0.6 is 0 Å². The third kappa shape index (κ3) is 4.39. The monoisotopic (exact) mass is 228 g/mol. The number of hydrogen-bond acceptors (Lipinski definition) is 3. The maximum Gasteiger partial charge on any atom is 0.407 e. The summed E-state index contributed by atoms with van der Waals surface area (Å²) >= 11 is 0. The Balaban J connectivity index is 2.28. The van der Waals surface area contributed by atoms with Crippen molar-refractivity contribution in [3.8, 4) is 0 Å². The van der Waals surface area contributed by atoms with Crippen LogP contribution in [0.2, 0.25) is 0 Å². The van der Waals surface area contributed by atoms with Gasteiger partial charge in [-0.25, -0.2) is 4.79 Å². The van der Waals surface area contributed by atoms with Crippen LogP contribution < -0.4 is 11.1 Å². The van der Waals surface area contributed by atoms with Gasteiger partial charge in [-0.1, -0.05) is 26.7 Å². The van der Waals surface area contributed by atoms with Crippen LogP contribution in [0.1, 0.15) is 39.5 Å². The molecule has 0 bridgehead atoms. The average Bonchev–Trinajstić information content (AvgIpc) is 2.76. The molecule has 0 spiro atoms. The molecule has 1 aliphatic rings. The van der Waals surface area contributed by atoms with Crippen LogP contribution in [0.3, 0.4) is 0 Å². The summed E-state index contributed by atoms with van der Waals surface area (Å²) in [5.74, 6) is 0.908. The highest BCUT2D eigenvalue weighted by atomic mass is 16.5. The Bertz CT molecular complexity index is 213. The minimum atomic E-state index is -0.323. The lowest BCUT2D eigenvalue weighted by atomic mass is 9.98. The Morgan fingerprint density at radius 2 is 2.06 bits per heavy atom. The van der Waals surface area contributed by atoms with Crippen LogP contribution in [-0.2, 0) is 4.74 Å². The lowest BCUT2D eigenvalue weighted by molar-refractivity contribution is 0.126. The Morgan fingerprint density at radius 1 is 1.44 bits per heavy atom. The minimum absolute atomic E-state index is 0.0853. The second-order valence-electron chi connectivity index (χ2n) is 5.02. The third-order valence-corrected chi connectivity index (χ3v) is 3.07. The Kier molecular flexibility index (Phi) is 5.60. The summed E-state index contributed by atoms with van der Waals surface area (Å²) in [7, 11) is 0. The summed E-state index contributed by atoms with van der Waals surface area (Å²) in [5.41, 5.74) is 5.69. The predicted molar refractivity (Wildman–Crippen MR) is 64.1 cm³/mol. The van der Waals surface area contributed by atoms with Crippen molar-refractivity contribution in [2.45, 2.75) is 45.6 Å². The standard InChI is InChI=1S/C12H24N2O2/c1-9(2)8-16-12(15)14-11(7-13)10-5-3-4-6-10/h9-11H,3-8,13H2,1-2H3,(H,14,15). The molecule has 1 atom stereocenters. The zero-order valence-corrected chi connectivity index (χ0v) is 10.4. The minimum Gasteiger partial charge on any atom is -0.449 e. The van der Waals surface area contributed by atoms with E-state index in [1.165, 1.54) is 25.7 Å². The smallest absolute Gasteiger partial charge is 0.407 e. The van der Waals surface area contributed by atoms with Crippen LogP contribution in [-0.4, -0.2) is 25.3 Å². The molecule has 1 fully saturated rings. The second kappa shape index (κ2) is 6.74. The van der Waals surface area contributed by atoms with Gasteiger partial charge in [-0.15, -0.1) is 0 Å². The lowest BCUT2D eigenvalue weighted by Gasteiger charge is -2.22. The Hall–Kier alpha value is -0.770. The van der Waals surface area contributed by atoms with Crippen molar-refractivity contribution in [3.05, 3.63) is 0 Å². The van der Waals surface area contributed by atoms with Gasteiger partial charge in [-0.3, -0.25) is 0 Å². The summed E-state index contributed by atoms with van der Waals surface area (Å²) in [4.78, 5) is 11.5. The summed E-state index contributed by atoms with van der Waals surface area (Å²) in [6.45, 7) is 5.00. The van der Waals surface area contributed by atoms with Crippen LogP contribution in [0, 0.1) is 11.8 Å². The van der Waals surface area contributed by atoms with Crippen molar-refractivity contribution in [1.29, 1.82) is 0 Å². The van der Waals surface area contributed by atoms with Crippen molar-refractivity contribution in [2.24, 2.45) is 17.6 Å². The normalized spacial score (nSPS) is 18.8. The maximum atomic E-state index is 11.5. The van der Waals surface area contributed by atoms with Gasteiger partial charge in [0.2, 0.25) is 0 Å². The highest BCUT2D eigenvalue weighted by molar-refractivity contribution is 5.67. The number of carbonyl (C=O) groups is 1. The van der Waals surface area contributed by atoms with E-state index in [9.17, 15) is 4.79 Å². The first-order valence-corrected chi connectivity index (χ1v) is 6.26. The topological polar surface area (TPSA) is 64.3 Å². The fourth-order valence-corrected chi connectivity index (χ4v) is 2.16. The van der Waals surface area contributed by atoms with Gasteiger partial charge in [0.25, 0.3) is 0 Å². The molecule has 0 aromatic carbocycles. The van der Waals surface area contributed by atoms with Gasteiger partial charge < -0.3 is 15.8 Å². The Labute approximate surface area is 97.9 Å². The van der Waals surface area contributed by atoms with Gasteiger partial charge in [0.1, 0.15) is 0 Å². The van der Waals surface area contributed by atoms with Gasteiger partial charge in [0, 0.05) is 12.6 Å². The van der Waals surface area contributed by atoms with Crippen molar-refractivity contribution >= 4 is 6.09 Å². The molecule has 3 N–H and O–H groups in total. The van der Waals surface area contributed by atoms with Gasteiger partial charge in [0.05, 0.1) is 6.61 Å². The SMILES string of the molecule is CC(C)COC(=O)NC(CN)C1CCCC1. The quantitative estimate of drug-likeness (QED) is 0.755. The molecule has 1 amide bonds. The molecule has 1 unspecified atom stereocenters. The van der Waals surface area contributed by atoms with E-state index in [0.29, 0.717) is 25.0 Å². The zero-order valence-electron chi connectivity index (χ0n) is 10.4. The Morgan fingerprint density at radius 3 is 2.56 bits per heavy atom. The number of nitrogens with two attached hydrogens (primary N) is 1. The second-order valence-corrected chi connectivity index (χ2v) is 5.02. The van der Waals surface area contributed by atoms with Gasteiger partial charge >= 0.3 is 6.09 Å². The van der Waals surface area contributed by atoms with E-state index in [4.69, 9.17) is 10.5 Å². The number of hydrogen-bond donors (Lipinski definition) is 2. The van der Waals surface area contributed by atoms with Crippen LogP contribution in [0.5, 0.6) is 0 Å².